The van der Waals surface area contributed by atoms with Gasteiger partial charge in [0.05, 0.1) is 12.5 Å². The Bertz CT molecular complexity index is 229. The van der Waals surface area contributed by atoms with Crippen molar-refractivity contribution in [3.05, 3.63) is 0 Å². The fourth-order valence-electron chi connectivity index (χ4n) is 2.52. The maximum atomic E-state index is 12.0. The molecule has 0 aromatic carbocycles. The topological polar surface area (TPSA) is 46.5 Å². The van der Waals surface area contributed by atoms with Gasteiger partial charge < -0.3 is 9.84 Å². The number of carbonyl (C=O) groups is 1. The number of ether oxygens (including phenoxy) is 1. The summed E-state index contributed by atoms with van der Waals surface area (Å²) in [5.74, 6) is 0.0850. The van der Waals surface area contributed by atoms with Gasteiger partial charge in [-0.3, -0.25) is 4.79 Å². The van der Waals surface area contributed by atoms with Crippen LogP contribution in [0.5, 0.6) is 0 Å². The molecule has 3 nitrogen and oxygen atoms in total. The second-order valence-electron chi connectivity index (χ2n) is 5.97. The van der Waals surface area contributed by atoms with Gasteiger partial charge in [0.1, 0.15) is 0 Å². The SMILES string of the molecule is CCCCCCCCC(CC)C(=O)OCCCCCCO. The number of unbranched alkanes of at least 4 members (excludes halogenated alkanes) is 8. The molecule has 0 aliphatic heterocycles. The second kappa shape index (κ2) is 15.8. The molecular weight excluding hydrogens is 264 g/mol. The summed E-state index contributed by atoms with van der Waals surface area (Å²) in [4.78, 5) is 12.0. The number of hydrogen-bond acceptors (Lipinski definition) is 3. The second-order valence-corrected chi connectivity index (χ2v) is 5.97. The highest BCUT2D eigenvalue weighted by Crippen LogP contribution is 2.17. The number of esters is 1. The molecule has 1 N–H and O–H groups in total. The van der Waals surface area contributed by atoms with E-state index in [1.54, 1.807) is 0 Å². The van der Waals surface area contributed by atoms with Crippen LogP contribution in [0.25, 0.3) is 0 Å². The van der Waals surface area contributed by atoms with Gasteiger partial charge in [0.15, 0.2) is 0 Å². The van der Waals surface area contributed by atoms with Gasteiger partial charge in [-0.25, -0.2) is 0 Å². The van der Waals surface area contributed by atoms with Gasteiger partial charge in [0.2, 0.25) is 0 Å². The Morgan fingerprint density at radius 3 is 2.19 bits per heavy atom. The number of aliphatic hydroxyl groups excluding tert-OH is 1. The average Bonchev–Trinajstić information content (AvgIpc) is 2.50. The molecule has 21 heavy (non-hydrogen) atoms. The Balaban J connectivity index is 3.57. The van der Waals surface area contributed by atoms with Gasteiger partial charge in [-0.1, -0.05) is 58.8 Å². The monoisotopic (exact) mass is 300 g/mol. The van der Waals surface area contributed by atoms with Gasteiger partial charge in [-0.2, -0.15) is 0 Å². The zero-order valence-electron chi connectivity index (χ0n) is 14.2. The average molecular weight is 300 g/mol. The van der Waals surface area contributed by atoms with Crippen LogP contribution in [0.15, 0.2) is 0 Å². The van der Waals surface area contributed by atoms with Crippen molar-refractivity contribution in [2.45, 2.75) is 90.9 Å². The first-order chi connectivity index (χ1) is 10.3. The third-order valence-corrected chi connectivity index (χ3v) is 4.03. The van der Waals surface area contributed by atoms with Crippen LogP contribution in [0, 0.1) is 5.92 Å². The van der Waals surface area contributed by atoms with E-state index in [1.807, 2.05) is 0 Å². The molecule has 0 bridgehead atoms. The van der Waals surface area contributed by atoms with E-state index in [9.17, 15) is 4.79 Å². The summed E-state index contributed by atoms with van der Waals surface area (Å²) in [7, 11) is 0. The zero-order valence-corrected chi connectivity index (χ0v) is 14.2. The van der Waals surface area contributed by atoms with Crippen LogP contribution in [-0.2, 0) is 9.53 Å². The summed E-state index contributed by atoms with van der Waals surface area (Å²) < 4.78 is 5.37. The first kappa shape index (κ1) is 20.4. The van der Waals surface area contributed by atoms with Gasteiger partial charge in [-0.15, -0.1) is 0 Å². The van der Waals surface area contributed by atoms with Crippen molar-refractivity contribution in [1.82, 2.24) is 0 Å². The van der Waals surface area contributed by atoms with E-state index in [0.717, 1.165) is 44.9 Å². The Morgan fingerprint density at radius 2 is 1.52 bits per heavy atom. The largest absolute Gasteiger partial charge is 0.465 e. The first-order valence-electron chi connectivity index (χ1n) is 9.03. The molecule has 126 valence electrons. The molecule has 0 radical (unpaired) electrons. The Hall–Kier alpha value is -0.570. The van der Waals surface area contributed by atoms with E-state index >= 15 is 0 Å². The van der Waals surface area contributed by atoms with Crippen molar-refractivity contribution in [1.29, 1.82) is 0 Å². The molecule has 0 amide bonds. The van der Waals surface area contributed by atoms with Crippen molar-refractivity contribution in [2.24, 2.45) is 5.92 Å². The molecule has 0 aromatic rings. The van der Waals surface area contributed by atoms with Crippen molar-refractivity contribution >= 4 is 5.97 Å². The number of carbonyl (C=O) groups excluding carboxylic acids is 1. The van der Waals surface area contributed by atoms with Gasteiger partial charge >= 0.3 is 5.97 Å². The lowest BCUT2D eigenvalue weighted by Gasteiger charge is -2.14. The summed E-state index contributed by atoms with van der Waals surface area (Å²) in [5, 5.41) is 8.68. The maximum Gasteiger partial charge on any atom is 0.308 e. The summed E-state index contributed by atoms with van der Waals surface area (Å²) in [6.07, 6.45) is 13.3. The van der Waals surface area contributed by atoms with Gasteiger partial charge in [0.25, 0.3) is 0 Å². The van der Waals surface area contributed by atoms with Crippen LogP contribution >= 0.6 is 0 Å². The van der Waals surface area contributed by atoms with Crippen molar-refractivity contribution in [3.8, 4) is 0 Å². The minimum Gasteiger partial charge on any atom is -0.465 e. The normalized spacial score (nSPS) is 12.3. The summed E-state index contributed by atoms with van der Waals surface area (Å²) in [6.45, 7) is 5.10. The van der Waals surface area contributed by atoms with Gasteiger partial charge in [-0.05, 0) is 32.1 Å². The first-order valence-corrected chi connectivity index (χ1v) is 9.03. The van der Waals surface area contributed by atoms with Crippen LogP contribution in [0.4, 0.5) is 0 Å². The molecule has 0 aliphatic carbocycles. The highest BCUT2D eigenvalue weighted by molar-refractivity contribution is 5.72. The van der Waals surface area contributed by atoms with E-state index < -0.39 is 0 Å². The van der Waals surface area contributed by atoms with E-state index in [4.69, 9.17) is 9.84 Å². The molecule has 0 heterocycles. The Labute approximate surface area is 131 Å². The number of rotatable bonds is 15. The molecule has 0 saturated carbocycles. The minimum absolute atomic E-state index is 0.00628. The van der Waals surface area contributed by atoms with E-state index in [-0.39, 0.29) is 18.5 Å². The molecular formula is C18H36O3. The summed E-state index contributed by atoms with van der Waals surface area (Å²) in [5.41, 5.74) is 0. The van der Waals surface area contributed by atoms with Crippen molar-refractivity contribution < 1.29 is 14.6 Å². The number of aliphatic hydroxyl groups is 1. The molecule has 0 saturated heterocycles. The standard InChI is InChI=1S/C18H36O3/c1-3-5-6-7-8-11-14-17(4-2)18(20)21-16-13-10-9-12-15-19/h17,19H,3-16H2,1-2H3. The highest BCUT2D eigenvalue weighted by atomic mass is 16.5. The molecule has 1 atom stereocenters. The number of hydrogen-bond donors (Lipinski definition) is 1. The molecule has 0 aromatic heterocycles. The fraction of sp³-hybridized carbons (Fsp3) is 0.944. The maximum absolute atomic E-state index is 12.0. The molecule has 0 spiro atoms. The zero-order chi connectivity index (χ0) is 15.8. The smallest absolute Gasteiger partial charge is 0.308 e. The third kappa shape index (κ3) is 12.9. The fourth-order valence-corrected chi connectivity index (χ4v) is 2.52. The molecule has 1 unspecified atom stereocenters. The van der Waals surface area contributed by atoms with Crippen molar-refractivity contribution in [2.75, 3.05) is 13.2 Å². The lowest BCUT2D eigenvalue weighted by Crippen LogP contribution is -2.17. The van der Waals surface area contributed by atoms with E-state index in [2.05, 4.69) is 13.8 Å². The predicted molar refractivity (Wildman–Crippen MR) is 88.3 cm³/mol. The lowest BCUT2D eigenvalue weighted by atomic mass is 9.98. The van der Waals surface area contributed by atoms with Crippen molar-refractivity contribution in [3.63, 3.8) is 0 Å². The van der Waals surface area contributed by atoms with Crippen LogP contribution in [0.1, 0.15) is 90.9 Å². The minimum atomic E-state index is -0.00628. The Morgan fingerprint density at radius 1 is 0.905 bits per heavy atom. The van der Waals surface area contributed by atoms with Crippen LogP contribution < -0.4 is 0 Å². The molecule has 0 fully saturated rings. The summed E-state index contributed by atoms with van der Waals surface area (Å²) in [6, 6.07) is 0. The quantitative estimate of drug-likeness (QED) is 0.347. The van der Waals surface area contributed by atoms with Crippen LogP contribution in [0.2, 0.25) is 0 Å². The molecule has 3 heteroatoms. The van der Waals surface area contributed by atoms with E-state index in [1.165, 1.54) is 32.1 Å². The highest BCUT2D eigenvalue weighted by Gasteiger charge is 2.17. The molecule has 0 aliphatic rings. The molecule has 0 rings (SSSR count). The lowest BCUT2D eigenvalue weighted by molar-refractivity contribution is -0.149. The third-order valence-electron chi connectivity index (χ3n) is 4.03. The van der Waals surface area contributed by atoms with Gasteiger partial charge in [0, 0.05) is 6.61 Å². The van der Waals surface area contributed by atoms with Crippen LogP contribution in [-0.4, -0.2) is 24.3 Å². The van der Waals surface area contributed by atoms with E-state index in [0.29, 0.717) is 6.61 Å². The summed E-state index contributed by atoms with van der Waals surface area (Å²) >= 11 is 0. The van der Waals surface area contributed by atoms with Crippen LogP contribution in [0.3, 0.4) is 0 Å². The Kier molecular flexibility index (Phi) is 15.4. The predicted octanol–water partition coefficient (Wildman–Crippen LogP) is 4.86.